The number of thiazole rings is 1. The minimum absolute atomic E-state index is 0.110. The highest BCUT2D eigenvalue weighted by Crippen LogP contribution is 2.34. The van der Waals surface area contributed by atoms with Gasteiger partial charge in [-0.1, -0.05) is 36.1 Å². The van der Waals surface area contributed by atoms with E-state index in [0.29, 0.717) is 5.75 Å². The molecule has 1 amide bonds. The van der Waals surface area contributed by atoms with Gasteiger partial charge in [0.1, 0.15) is 0 Å². The fraction of sp³-hybridized carbons (Fsp3) is 0.368. The summed E-state index contributed by atoms with van der Waals surface area (Å²) in [5.41, 5.74) is 4.36. The molecular formula is C19H21N5OS3. The molecule has 0 atom stereocenters. The molecule has 1 aromatic carbocycles. The van der Waals surface area contributed by atoms with Crippen molar-refractivity contribution in [3.8, 4) is 11.3 Å². The maximum Gasteiger partial charge on any atom is 0.237 e. The third-order valence-corrected chi connectivity index (χ3v) is 7.22. The van der Waals surface area contributed by atoms with Crippen LogP contribution in [0.1, 0.15) is 23.9 Å². The maximum absolute atomic E-state index is 12.8. The summed E-state index contributed by atoms with van der Waals surface area (Å²) in [5.74, 6) is 0.480. The number of anilines is 2. The zero-order valence-corrected chi connectivity index (χ0v) is 18.2. The van der Waals surface area contributed by atoms with E-state index in [9.17, 15) is 4.79 Å². The topological polar surface area (TPSA) is 71.0 Å². The van der Waals surface area contributed by atoms with Crippen LogP contribution in [-0.2, 0) is 11.2 Å². The summed E-state index contributed by atoms with van der Waals surface area (Å²) >= 11 is 4.61. The highest BCUT2D eigenvalue weighted by Gasteiger charge is 2.25. The molecule has 2 aromatic heterocycles. The summed E-state index contributed by atoms with van der Waals surface area (Å²) in [6.45, 7) is 5.73. The molecule has 1 aliphatic heterocycles. The van der Waals surface area contributed by atoms with Crippen LogP contribution in [-0.4, -0.2) is 39.9 Å². The molecule has 3 heterocycles. The van der Waals surface area contributed by atoms with Crippen LogP contribution in [0.4, 0.5) is 10.8 Å². The number of nitrogens with one attached hydrogen (secondary N) is 1. The van der Waals surface area contributed by atoms with Gasteiger partial charge in [-0.25, -0.2) is 4.98 Å². The predicted molar refractivity (Wildman–Crippen MR) is 118 cm³/mol. The SMILES string of the molecule is CCCNc1nnc(SCC(=O)N2CCc3cc(-c4csc(C)n4)ccc32)s1. The fourth-order valence-electron chi connectivity index (χ4n) is 3.09. The fourth-order valence-corrected chi connectivity index (χ4v) is 5.36. The first-order chi connectivity index (χ1) is 13.6. The molecule has 4 rings (SSSR count). The Morgan fingerprint density at radius 3 is 3.04 bits per heavy atom. The van der Waals surface area contributed by atoms with Gasteiger partial charge in [0, 0.05) is 29.7 Å². The van der Waals surface area contributed by atoms with Gasteiger partial charge in [0.05, 0.1) is 16.5 Å². The molecule has 0 radical (unpaired) electrons. The molecule has 0 saturated heterocycles. The maximum atomic E-state index is 12.8. The Bertz CT molecular complexity index is 984. The number of hydrogen-bond acceptors (Lipinski definition) is 8. The molecule has 0 saturated carbocycles. The largest absolute Gasteiger partial charge is 0.360 e. The second-order valence-electron chi connectivity index (χ2n) is 6.48. The lowest BCUT2D eigenvalue weighted by Crippen LogP contribution is -2.30. The van der Waals surface area contributed by atoms with E-state index in [2.05, 4.69) is 44.9 Å². The summed E-state index contributed by atoms with van der Waals surface area (Å²) in [6.07, 6.45) is 1.92. The average molecular weight is 432 g/mol. The smallest absolute Gasteiger partial charge is 0.237 e. The molecule has 0 aliphatic carbocycles. The molecule has 0 unspecified atom stereocenters. The lowest BCUT2D eigenvalue weighted by Gasteiger charge is -2.17. The molecule has 9 heteroatoms. The van der Waals surface area contributed by atoms with Crippen molar-refractivity contribution in [3.63, 3.8) is 0 Å². The van der Waals surface area contributed by atoms with Gasteiger partial charge in [-0.05, 0) is 37.5 Å². The number of nitrogens with zero attached hydrogens (tertiary/aromatic N) is 4. The number of fused-ring (bicyclic) bond motifs is 1. The zero-order valence-electron chi connectivity index (χ0n) is 15.8. The monoisotopic (exact) mass is 431 g/mol. The van der Waals surface area contributed by atoms with Crippen LogP contribution in [0.2, 0.25) is 0 Å². The van der Waals surface area contributed by atoms with Gasteiger partial charge in [0.2, 0.25) is 11.0 Å². The van der Waals surface area contributed by atoms with E-state index < -0.39 is 0 Å². The van der Waals surface area contributed by atoms with Crippen LogP contribution in [0.5, 0.6) is 0 Å². The van der Waals surface area contributed by atoms with Crippen LogP contribution in [0, 0.1) is 6.92 Å². The quantitative estimate of drug-likeness (QED) is 0.557. The number of carbonyl (C=O) groups is 1. The van der Waals surface area contributed by atoms with Gasteiger partial charge in [-0.2, -0.15) is 0 Å². The lowest BCUT2D eigenvalue weighted by molar-refractivity contribution is -0.116. The molecule has 28 heavy (non-hydrogen) atoms. The molecule has 3 aromatic rings. The van der Waals surface area contributed by atoms with E-state index in [-0.39, 0.29) is 5.91 Å². The zero-order chi connectivity index (χ0) is 19.5. The van der Waals surface area contributed by atoms with Gasteiger partial charge >= 0.3 is 0 Å². The number of benzene rings is 1. The molecule has 6 nitrogen and oxygen atoms in total. The molecule has 0 spiro atoms. The Balaban J connectivity index is 1.39. The molecule has 1 N–H and O–H groups in total. The van der Waals surface area contributed by atoms with Crippen LogP contribution < -0.4 is 10.2 Å². The van der Waals surface area contributed by atoms with Gasteiger partial charge in [-0.3, -0.25) is 4.79 Å². The first-order valence-electron chi connectivity index (χ1n) is 9.20. The molecule has 0 bridgehead atoms. The number of aryl methyl sites for hydroxylation is 1. The predicted octanol–water partition coefficient (Wildman–Crippen LogP) is 4.47. The van der Waals surface area contributed by atoms with Gasteiger partial charge in [0.25, 0.3) is 0 Å². The van der Waals surface area contributed by atoms with Gasteiger partial charge in [0.15, 0.2) is 4.34 Å². The highest BCUT2D eigenvalue weighted by molar-refractivity contribution is 8.01. The Labute approximate surface area is 176 Å². The van der Waals surface area contributed by atoms with E-state index >= 15 is 0 Å². The average Bonchev–Trinajstić information content (AvgIpc) is 3.43. The van der Waals surface area contributed by atoms with Crippen molar-refractivity contribution in [1.82, 2.24) is 15.2 Å². The summed E-state index contributed by atoms with van der Waals surface area (Å²) in [4.78, 5) is 19.2. The number of amides is 1. The summed E-state index contributed by atoms with van der Waals surface area (Å²) in [6, 6.07) is 6.27. The van der Waals surface area contributed by atoms with Crippen molar-refractivity contribution in [2.45, 2.75) is 31.0 Å². The normalized spacial score (nSPS) is 13.0. The second-order valence-corrected chi connectivity index (χ2v) is 9.74. The van der Waals surface area contributed by atoms with Gasteiger partial charge < -0.3 is 10.2 Å². The minimum Gasteiger partial charge on any atom is -0.360 e. The molecule has 146 valence electrons. The van der Waals surface area contributed by atoms with Crippen molar-refractivity contribution < 1.29 is 4.79 Å². The third-order valence-electron chi connectivity index (χ3n) is 4.44. The lowest BCUT2D eigenvalue weighted by atomic mass is 10.1. The first-order valence-corrected chi connectivity index (χ1v) is 11.9. The van der Waals surface area contributed by atoms with E-state index in [4.69, 9.17) is 0 Å². The van der Waals surface area contributed by atoms with E-state index in [1.807, 2.05) is 17.9 Å². The highest BCUT2D eigenvalue weighted by atomic mass is 32.2. The number of rotatable bonds is 7. The third kappa shape index (κ3) is 4.21. The van der Waals surface area contributed by atoms with Crippen molar-refractivity contribution in [2.75, 3.05) is 29.1 Å². The van der Waals surface area contributed by atoms with Crippen LogP contribution in [0.15, 0.2) is 27.9 Å². The number of carbonyl (C=O) groups excluding carboxylic acids is 1. The summed E-state index contributed by atoms with van der Waals surface area (Å²) < 4.78 is 0.820. The molecule has 0 fully saturated rings. The van der Waals surface area contributed by atoms with Gasteiger partial charge in [-0.15, -0.1) is 21.5 Å². The summed E-state index contributed by atoms with van der Waals surface area (Å²) in [5, 5.41) is 15.4. The molecule has 1 aliphatic rings. The van der Waals surface area contributed by atoms with Crippen molar-refractivity contribution in [3.05, 3.63) is 34.2 Å². The van der Waals surface area contributed by atoms with Crippen molar-refractivity contribution in [2.24, 2.45) is 0 Å². The van der Waals surface area contributed by atoms with Crippen molar-refractivity contribution >= 4 is 51.2 Å². The Hall–Kier alpha value is -1.97. The minimum atomic E-state index is 0.110. The molecular weight excluding hydrogens is 410 g/mol. The Kier molecular flexibility index (Phi) is 5.93. The number of aromatic nitrogens is 3. The van der Waals surface area contributed by atoms with Crippen LogP contribution in [0.25, 0.3) is 11.3 Å². The van der Waals surface area contributed by atoms with E-state index in [1.54, 1.807) is 11.3 Å². The Morgan fingerprint density at radius 1 is 1.36 bits per heavy atom. The van der Waals surface area contributed by atoms with E-state index in [0.717, 1.165) is 57.4 Å². The second kappa shape index (κ2) is 8.59. The first kappa shape index (κ1) is 19.4. The number of thioether (sulfide) groups is 1. The summed E-state index contributed by atoms with van der Waals surface area (Å²) in [7, 11) is 0. The Morgan fingerprint density at radius 2 is 2.25 bits per heavy atom. The van der Waals surface area contributed by atoms with Crippen molar-refractivity contribution in [1.29, 1.82) is 0 Å². The standard InChI is InChI=1S/C19H21N5OS3/c1-3-7-20-18-22-23-19(28-18)27-11-17(25)24-8-6-14-9-13(4-5-16(14)24)15-10-26-12(2)21-15/h4-5,9-10H,3,6-8,11H2,1-2H3,(H,20,22). The van der Waals surface area contributed by atoms with E-state index in [1.165, 1.54) is 28.7 Å². The van der Waals surface area contributed by atoms with Crippen LogP contribution in [0.3, 0.4) is 0 Å². The van der Waals surface area contributed by atoms with Crippen LogP contribution >= 0.6 is 34.4 Å². The number of hydrogen-bond donors (Lipinski definition) is 1.